The standard InChI is InChI=1S/C12H14O2/c1-12(14)6-4-9-2-3-11(13)8-10(9)5-7-12/h2-3,5,7-8,13-14H,4,6H2,1H3. The van der Waals surface area contributed by atoms with Gasteiger partial charge in [0.1, 0.15) is 5.75 Å². The van der Waals surface area contributed by atoms with Crippen molar-refractivity contribution in [3.8, 4) is 5.75 Å². The van der Waals surface area contributed by atoms with Crippen LogP contribution in [0, 0.1) is 0 Å². The zero-order chi connectivity index (χ0) is 10.2. The minimum absolute atomic E-state index is 0.273. The van der Waals surface area contributed by atoms with Crippen LogP contribution in [0.15, 0.2) is 24.3 Å². The van der Waals surface area contributed by atoms with Crippen molar-refractivity contribution in [1.29, 1.82) is 0 Å². The van der Waals surface area contributed by atoms with Crippen LogP contribution in [0.25, 0.3) is 6.08 Å². The highest BCUT2D eigenvalue weighted by molar-refractivity contribution is 5.58. The van der Waals surface area contributed by atoms with Gasteiger partial charge in [0.05, 0.1) is 5.60 Å². The summed E-state index contributed by atoms with van der Waals surface area (Å²) < 4.78 is 0. The Morgan fingerprint density at radius 3 is 2.93 bits per heavy atom. The van der Waals surface area contributed by atoms with E-state index in [9.17, 15) is 10.2 Å². The summed E-state index contributed by atoms with van der Waals surface area (Å²) >= 11 is 0. The van der Waals surface area contributed by atoms with Crippen molar-refractivity contribution in [3.05, 3.63) is 35.4 Å². The molecule has 0 saturated heterocycles. The molecule has 1 unspecified atom stereocenters. The monoisotopic (exact) mass is 190 g/mol. The zero-order valence-corrected chi connectivity index (χ0v) is 8.20. The second-order valence-electron chi connectivity index (χ2n) is 4.07. The highest BCUT2D eigenvalue weighted by atomic mass is 16.3. The largest absolute Gasteiger partial charge is 0.508 e. The van der Waals surface area contributed by atoms with Gasteiger partial charge in [0, 0.05) is 0 Å². The number of benzene rings is 1. The molecule has 0 saturated carbocycles. The van der Waals surface area contributed by atoms with Gasteiger partial charge in [-0.15, -0.1) is 0 Å². The Balaban J connectivity index is 2.42. The van der Waals surface area contributed by atoms with Gasteiger partial charge in [-0.3, -0.25) is 0 Å². The van der Waals surface area contributed by atoms with Crippen LogP contribution in [0.3, 0.4) is 0 Å². The molecule has 1 aliphatic rings. The molecule has 0 aromatic heterocycles. The Bertz CT molecular complexity index is 378. The van der Waals surface area contributed by atoms with Crippen LogP contribution in [0.4, 0.5) is 0 Å². The molecule has 1 aromatic rings. The lowest BCUT2D eigenvalue weighted by atomic mass is 9.99. The molecule has 0 bridgehead atoms. The lowest BCUT2D eigenvalue weighted by Crippen LogP contribution is -2.20. The number of phenols is 1. The van der Waals surface area contributed by atoms with Crippen LogP contribution < -0.4 is 0 Å². The Labute approximate surface area is 83.5 Å². The number of aromatic hydroxyl groups is 1. The normalized spacial score (nSPS) is 25.6. The first-order chi connectivity index (χ1) is 6.57. The van der Waals surface area contributed by atoms with Crippen molar-refractivity contribution in [2.45, 2.75) is 25.4 Å². The minimum Gasteiger partial charge on any atom is -0.508 e. The SMILES string of the molecule is CC1(O)C=Cc2cc(O)ccc2CC1. The summed E-state index contributed by atoms with van der Waals surface area (Å²) in [7, 11) is 0. The second-order valence-corrected chi connectivity index (χ2v) is 4.07. The van der Waals surface area contributed by atoms with E-state index in [4.69, 9.17) is 0 Å². The average molecular weight is 190 g/mol. The van der Waals surface area contributed by atoms with E-state index in [-0.39, 0.29) is 5.75 Å². The van der Waals surface area contributed by atoms with Gasteiger partial charge >= 0.3 is 0 Å². The maximum Gasteiger partial charge on any atom is 0.116 e. The predicted molar refractivity (Wildman–Crippen MR) is 56.1 cm³/mol. The van der Waals surface area contributed by atoms with E-state index in [0.717, 1.165) is 18.4 Å². The van der Waals surface area contributed by atoms with Crippen LogP contribution in [0.5, 0.6) is 5.75 Å². The fourth-order valence-electron chi connectivity index (χ4n) is 1.71. The van der Waals surface area contributed by atoms with Crippen LogP contribution in [-0.2, 0) is 6.42 Å². The molecule has 0 fully saturated rings. The molecule has 0 amide bonds. The highest BCUT2D eigenvalue weighted by Crippen LogP contribution is 2.26. The molecular weight excluding hydrogens is 176 g/mol. The topological polar surface area (TPSA) is 40.5 Å². The lowest BCUT2D eigenvalue weighted by molar-refractivity contribution is 0.104. The molecule has 0 radical (unpaired) electrons. The van der Waals surface area contributed by atoms with Crippen molar-refractivity contribution in [1.82, 2.24) is 0 Å². The summed E-state index contributed by atoms with van der Waals surface area (Å²) in [4.78, 5) is 0. The fourth-order valence-corrected chi connectivity index (χ4v) is 1.71. The summed E-state index contributed by atoms with van der Waals surface area (Å²) in [6.45, 7) is 1.80. The molecule has 1 aliphatic carbocycles. The molecule has 1 atom stereocenters. The van der Waals surface area contributed by atoms with Gasteiger partial charge in [0.25, 0.3) is 0 Å². The van der Waals surface area contributed by atoms with Crippen molar-refractivity contribution in [3.63, 3.8) is 0 Å². The van der Waals surface area contributed by atoms with Gasteiger partial charge in [-0.2, -0.15) is 0 Å². The first kappa shape index (κ1) is 9.28. The van der Waals surface area contributed by atoms with Gasteiger partial charge in [-0.05, 0) is 43.0 Å². The van der Waals surface area contributed by atoms with Gasteiger partial charge < -0.3 is 10.2 Å². The Kier molecular flexibility index (Phi) is 2.08. The van der Waals surface area contributed by atoms with Crippen molar-refractivity contribution in [2.24, 2.45) is 0 Å². The molecule has 1 aromatic carbocycles. The molecule has 0 heterocycles. The summed E-state index contributed by atoms with van der Waals surface area (Å²) in [5.41, 5.74) is 1.45. The number of fused-ring (bicyclic) bond motifs is 1. The van der Waals surface area contributed by atoms with Crippen molar-refractivity contribution in [2.75, 3.05) is 0 Å². The first-order valence-corrected chi connectivity index (χ1v) is 4.80. The number of aryl methyl sites for hydroxylation is 1. The second kappa shape index (κ2) is 3.14. The summed E-state index contributed by atoms with van der Waals surface area (Å²) in [6, 6.07) is 5.33. The number of rotatable bonds is 0. The quantitative estimate of drug-likeness (QED) is 0.657. The molecular formula is C12H14O2. The van der Waals surface area contributed by atoms with Gasteiger partial charge in [-0.1, -0.05) is 18.2 Å². The van der Waals surface area contributed by atoms with E-state index in [0.29, 0.717) is 0 Å². The Hall–Kier alpha value is -1.28. The van der Waals surface area contributed by atoms with Gasteiger partial charge in [-0.25, -0.2) is 0 Å². The average Bonchev–Trinajstić information content (AvgIpc) is 2.26. The number of phenolic OH excluding ortho intramolecular Hbond substituents is 1. The van der Waals surface area contributed by atoms with Crippen LogP contribution in [0.1, 0.15) is 24.5 Å². The first-order valence-electron chi connectivity index (χ1n) is 4.80. The van der Waals surface area contributed by atoms with Crippen molar-refractivity contribution >= 4 is 6.08 Å². The third-order valence-electron chi connectivity index (χ3n) is 2.65. The van der Waals surface area contributed by atoms with E-state index in [1.165, 1.54) is 5.56 Å². The van der Waals surface area contributed by atoms with E-state index in [1.54, 1.807) is 25.1 Å². The Morgan fingerprint density at radius 2 is 2.14 bits per heavy atom. The molecule has 74 valence electrons. The summed E-state index contributed by atoms with van der Waals surface area (Å²) in [5.74, 6) is 0.273. The summed E-state index contributed by atoms with van der Waals surface area (Å²) in [6.07, 6.45) is 5.23. The lowest BCUT2D eigenvalue weighted by Gasteiger charge is -2.16. The molecule has 0 aliphatic heterocycles. The molecule has 2 N–H and O–H groups in total. The number of aliphatic hydroxyl groups is 1. The molecule has 14 heavy (non-hydrogen) atoms. The van der Waals surface area contributed by atoms with Crippen LogP contribution in [-0.4, -0.2) is 15.8 Å². The molecule has 2 nitrogen and oxygen atoms in total. The molecule has 2 heteroatoms. The number of hydrogen-bond acceptors (Lipinski definition) is 2. The number of hydrogen-bond donors (Lipinski definition) is 2. The molecule has 2 rings (SSSR count). The summed E-state index contributed by atoms with van der Waals surface area (Å²) in [5, 5.41) is 19.2. The van der Waals surface area contributed by atoms with E-state index < -0.39 is 5.60 Å². The van der Waals surface area contributed by atoms with E-state index in [2.05, 4.69) is 0 Å². The maximum atomic E-state index is 9.85. The third kappa shape index (κ3) is 1.80. The van der Waals surface area contributed by atoms with E-state index in [1.807, 2.05) is 12.1 Å². The van der Waals surface area contributed by atoms with Gasteiger partial charge in [0.15, 0.2) is 0 Å². The zero-order valence-electron chi connectivity index (χ0n) is 8.20. The van der Waals surface area contributed by atoms with E-state index >= 15 is 0 Å². The predicted octanol–water partition coefficient (Wildman–Crippen LogP) is 2.10. The highest BCUT2D eigenvalue weighted by Gasteiger charge is 2.19. The van der Waals surface area contributed by atoms with Gasteiger partial charge in [0.2, 0.25) is 0 Å². The maximum absolute atomic E-state index is 9.85. The Morgan fingerprint density at radius 1 is 1.36 bits per heavy atom. The smallest absolute Gasteiger partial charge is 0.116 e. The molecule has 0 spiro atoms. The van der Waals surface area contributed by atoms with Crippen molar-refractivity contribution < 1.29 is 10.2 Å². The minimum atomic E-state index is -0.728. The van der Waals surface area contributed by atoms with Crippen LogP contribution >= 0.6 is 0 Å². The third-order valence-corrected chi connectivity index (χ3v) is 2.65. The fraction of sp³-hybridized carbons (Fsp3) is 0.333. The van der Waals surface area contributed by atoms with Crippen LogP contribution in [0.2, 0.25) is 0 Å².